The average molecular weight is 708 g/mol. The number of aromatic nitrogens is 2. The lowest BCUT2D eigenvalue weighted by Gasteiger charge is -2.26. The second kappa shape index (κ2) is 12.4. The SMILES string of the molecule is c1ccc(-c2ccc(N(c3ccc(-n4ccc5ccc6c7ccccc7n(-c7ccccc7)c6c54)cc3)c3ccc4sc5ccccc5c4c3)cc2)cc1. The van der Waals surface area contributed by atoms with E-state index in [-0.39, 0.29) is 0 Å². The summed E-state index contributed by atoms with van der Waals surface area (Å²) >= 11 is 1.85. The predicted molar refractivity (Wildman–Crippen MR) is 231 cm³/mol. The number of thiophene rings is 1. The van der Waals surface area contributed by atoms with Gasteiger partial charge in [0.05, 0.1) is 16.6 Å². The Morgan fingerprint density at radius 3 is 1.81 bits per heavy atom. The fourth-order valence-corrected chi connectivity index (χ4v) is 9.32. The third-order valence-corrected chi connectivity index (χ3v) is 11.9. The Morgan fingerprint density at radius 1 is 0.389 bits per heavy atom. The van der Waals surface area contributed by atoms with Gasteiger partial charge in [0.15, 0.2) is 0 Å². The number of rotatable bonds is 6. The molecule has 3 nitrogen and oxygen atoms in total. The summed E-state index contributed by atoms with van der Waals surface area (Å²) in [6.07, 6.45) is 2.21. The van der Waals surface area contributed by atoms with Crippen LogP contribution in [0.4, 0.5) is 17.1 Å². The number of benzene rings is 8. The second-order valence-electron chi connectivity index (χ2n) is 13.8. The van der Waals surface area contributed by atoms with E-state index in [0.717, 1.165) is 28.4 Å². The monoisotopic (exact) mass is 707 g/mol. The second-order valence-corrected chi connectivity index (χ2v) is 14.9. The van der Waals surface area contributed by atoms with Gasteiger partial charge in [-0.1, -0.05) is 109 Å². The summed E-state index contributed by atoms with van der Waals surface area (Å²) in [5, 5.41) is 6.30. The molecule has 0 saturated heterocycles. The largest absolute Gasteiger partial charge is 0.315 e. The van der Waals surface area contributed by atoms with Gasteiger partial charge in [0.25, 0.3) is 0 Å². The normalized spacial score (nSPS) is 11.7. The van der Waals surface area contributed by atoms with Crippen LogP contribution in [-0.2, 0) is 0 Å². The van der Waals surface area contributed by atoms with E-state index in [1.165, 1.54) is 64.0 Å². The van der Waals surface area contributed by atoms with E-state index in [1.807, 2.05) is 11.3 Å². The number of para-hydroxylation sites is 2. The molecule has 254 valence electrons. The molecule has 0 radical (unpaired) electrons. The van der Waals surface area contributed by atoms with E-state index in [1.54, 1.807) is 0 Å². The number of hydrogen-bond donors (Lipinski definition) is 0. The Bertz CT molecular complexity index is 3130. The lowest BCUT2D eigenvalue weighted by Crippen LogP contribution is -2.10. The Kier molecular flexibility index (Phi) is 7.04. The van der Waals surface area contributed by atoms with Gasteiger partial charge < -0.3 is 14.0 Å². The molecule has 0 aliphatic carbocycles. The van der Waals surface area contributed by atoms with Crippen LogP contribution in [0.3, 0.4) is 0 Å². The summed E-state index contributed by atoms with van der Waals surface area (Å²) in [7, 11) is 0. The van der Waals surface area contributed by atoms with Crippen LogP contribution in [0.1, 0.15) is 0 Å². The topological polar surface area (TPSA) is 13.1 Å². The summed E-state index contributed by atoms with van der Waals surface area (Å²) in [6, 6.07) is 70.4. The van der Waals surface area contributed by atoms with Crippen molar-refractivity contribution in [2.75, 3.05) is 4.90 Å². The third-order valence-electron chi connectivity index (χ3n) is 10.7. The van der Waals surface area contributed by atoms with Crippen LogP contribution >= 0.6 is 11.3 Å². The molecule has 0 unspecified atom stereocenters. The van der Waals surface area contributed by atoms with Crippen molar-refractivity contribution in [2.45, 2.75) is 0 Å². The molecule has 0 aliphatic rings. The zero-order valence-corrected chi connectivity index (χ0v) is 30.1. The summed E-state index contributed by atoms with van der Waals surface area (Å²) in [5.74, 6) is 0. The lowest BCUT2D eigenvalue weighted by molar-refractivity contribution is 1.11. The van der Waals surface area contributed by atoms with Crippen molar-refractivity contribution in [3.8, 4) is 22.5 Å². The van der Waals surface area contributed by atoms with Gasteiger partial charge in [0, 0.05) is 71.0 Å². The van der Waals surface area contributed by atoms with E-state index in [0.29, 0.717) is 0 Å². The van der Waals surface area contributed by atoms with Gasteiger partial charge in [-0.3, -0.25) is 0 Å². The molecule has 0 N–H and O–H groups in total. The molecule has 0 fully saturated rings. The van der Waals surface area contributed by atoms with Crippen LogP contribution in [0.2, 0.25) is 0 Å². The minimum Gasteiger partial charge on any atom is -0.315 e. The van der Waals surface area contributed by atoms with E-state index in [9.17, 15) is 0 Å². The quantitative estimate of drug-likeness (QED) is 0.168. The molecule has 11 aromatic rings. The highest BCUT2D eigenvalue weighted by molar-refractivity contribution is 7.25. The Labute approximate surface area is 316 Å². The maximum Gasteiger partial charge on any atom is 0.0788 e. The Hall–Kier alpha value is -6.88. The van der Waals surface area contributed by atoms with Crippen LogP contribution in [-0.4, -0.2) is 9.13 Å². The molecule has 0 spiro atoms. The van der Waals surface area contributed by atoms with Crippen LogP contribution < -0.4 is 4.90 Å². The average Bonchev–Trinajstić information content (AvgIpc) is 3.94. The van der Waals surface area contributed by atoms with Gasteiger partial charge >= 0.3 is 0 Å². The summed E-state index contributed by atoms with van der Waals surface area (Å²) in [4.78, 5) is 2.38. The van der Waals surface area contributed by atoms with Crippen molar-refractivity contribution in [1.82, 2.24) is 9.13 Å². The van der Waals surface area contributed by atoms with Gasteiger partial charge in [-0.05, 0) is 96.1 Å². The molecule has 3 aromatic heterocycles. The smallest absolute Gasteiger partial charge is 0.0788 e. The van der Waals surface area contributed by atoms with Crippen LogP contribution in [0, 0.1) is 0 Å². The molecule has 0 saturated carbocycles. The first-order valence-electron chi connectivity index (χ1n) is 18.3. The van der Waals surface area contributed by atoms with Crippen molar-refractivity contribution >= 4 is 81.3 Å². The van der Waals surface area contributed by atoms with Crippen molar-refractivity contribution in [3.05, 3.63) is 200 Å². The molecule has 4 heteroatoms. The number of nitrogens with zero attached hydrogens (tertiary/aromatic N) is 3. The standard InChI is InChI=1S/C50H33N3S/c1-3-11-34(12-4-1)35-19-22-39(23-20-35)52(41-28-30-48-45(33-41)43-16-8-10-18-47(43)54-48)40-26-24-37(25-27-40)51-32-31-36-21-29-44-42-15-7-9-17-46(42)53(50(44)49(36)51)38-13-5-2-6-14-38/h1-33H. The number of anilines is 3. The highest BCUT2D eigenvalue weighted by Crippen LogP contribution is 2.42. The van der Waals surface area contributed by atoms with E-state index in [4.69, 9.17) is 0 Å². The minimum absolute atomic E-state index is 1.10. The number of fused-ring (bicyclic) bond motifs is 8. The predicted octanol–water partition coefficient (Wildman–Crippen LogP) is 14.2. The van der Waals surface area contributed by atoms with Gasteiger partial charge in [-0.15, -0.1) is 11.3 Å². The molecular formula is C50H33N3S. The van der Waals surface area contributed by atoms with Crippen LogP contribution in [0.15, 0.2) is 200 Å². The fraction of sp³-hybridized carbons (Fsp3) is 0. The molecule has 0 bridgehead atoms. The Balaban J connectivity index is 1.07. The maximum atomic E-state index is 2.42. The molecule has 0 aliphatic heterocycles. The highest BCUT2D eigenvalue weighted by atomic mass is 32.1. The van der Waals surface area contributed by atoms with Crippen LogP contribution in [0.5, 0.6) is 0 Å². The molecule has 3 heterocycles. The van der Waals surface area contributed by atoms with Gasteiger partial charge in [0.2, 0.25) is 0 Å². The first kappa shape index (κ1) is 30.7. The van der Waals surface area contributed by atoms with Crippen molar-refractivity contribution in [2.24, 2.45) is 0 Å². The van der Waals surface area contributed by atoms with Gasteiger partial charge in [-0.25, -0.2) is 0 Å². The van der Waals surface area contributed by atoms with Crippen molar-refractivity contribution in [3.63, 3.8) is 0 Å². The third kappa shape index (κ3) is 4.88. The molecule has 8 aromatic carbocycles. The van der Waals surface area contributed by atoms with E-state index < -0.39 is 0 Å². The summed E-state index contributed by atoms with van der Waals surface area (Å²) < 4.78 is 7.38. The molecule has 54 heavy (non-hydrogen) atoms. The Morgan fingerprint density at radius 2 is 1.02 bits per heavy atom. The van der Waals surface area contributed by atoms with Crippen LogP contribution in [0.25, 0.3) is 75.4 Å². The zero-order chi connectivity index (χ0) is 35.6. The molecule has 0 amide bonds. The molecular weight excluding hydrogens is 675 g/mol. The van der Waals surface area contributed by atoms with Crippen molar-refractivity contribution in [1.29, 1.82) is 0 Å². The first-order chi connectivity index (χ1) is 26.8. The maximum absolute atomic E-state index is 2.42. The summed E-state index contributed by atoms with van der Waals surface area (Å²) in [6.45, 7) is 0. The van der Waals surface area contributed by atoms with E-state index >= 15 is 0 Å². The van der Waals surface area contributed by atoms with Gasteiger partial charge in [0.1, 0.15) is 0 Å². The zero-order valence-electron chi connectivity index (χ0n) is 29.3. The van der Waals surface area contributed by atoms with Gasteiger partial charge in [-0.2, -0.15) is 0 Å². The van der Waals surface area contributed by atoms with E-state index in [2.05, 4.69) is 214 Å². The number of hydrogen-bond acceptors (Lipinski definition) is 2. The lowest BCUT2D eigenvalue weighted by atomic mass is 10.0. The minimum atomic E-state index is 1.10. The molecule has 0 atom stereocenters. The summed E-state index contributed by atoms with van der Waals surface area (Å²) in [5.41, 5.74) is 11.7. The van der Waals surface area contributed by atoms with Crippen molar-refractivity contribution < 1.29 is 0 Å². The fourth-order valence-electron chi connectivity index (χ4n) is 8.23. The molecule has 11 rings (SSSR count). The first-order valence-corrected chi connectivity index (χ1v) is 19.2. The highest BCUT2D eigenvalue weighted by Gasteiger charge is 2.19.